The van der Waals surface area contributed by atoms with Crippen molar-refractivity contribution in [3.8, 4) is 5.75 Å². The fraction of sp³-hybridized carbons (Fsp3) is 0.200. The molecule has 140 valence electrons. The molecule has 2 N–H and O–H groups in total. The lowest BCUT2D eigenvalue weighted by Crippen LogP contribution is -2.16. The standard InChI is InChI=1S/C20H20ClN3O3/c1-14-12-19(24-27-14)22-11-10-20(25)23-17-6-8-18(9-7-17)26-13-15-2-4-16(21)5-3-15/h2-9,12H,10-11,13H2,1H3,(H,22,24)(H,23,25). The maximum Gasteiger partial charge on any atom is 0.226 e. The van der Waals surface area contributed by atoms with Gasteiger partial charge in [-0.2, -0.15) is 0 Å². The third kappa shape index (κ3) is 6.04. The van der Waals surface area contributed by atoms with Crippen molar-refractivity contribution in [3.05, 3.63) is 70.9 Å². The molecule has 7 heteroatoms. The molecule has 6 nitrogen and oxygen atoms in total. The molecule has 0 spiro atoms. The smallest absolute Gasteiger partial charge is 0.226 e. The van der Waals surface area contributed by atoms with Crippen molar-refractivity contribution in [1.82, 2.24) is 5.16 Å². The molecule has 0 aliphatic heterocycles. The molecule has 1 amide bonds. The molecule has 0 bridgehead atoms. The zero-order valence-electron chi connectivity index (χ0n) is 14.9. The lowest BCUT2D eigenvalue weighted by atomic mass is 10.2. The predicted octanol–water partition coefficient (Wildman–Crippen LogP) is 4.66. The maximum absolute atomic E-state index is 12.0. The molecule has 2 aromatic carbocycles. The lowest BCUT2D eigenvalue weighted by Gasteiger charge is -2.09. The number of anilines is 2. The van der Waals surface area contributed by atoms with Gasteiger partial charge in [0.2, 0.25) is 5.91 Å². The lowest BCUT2D eigenvalue weighted by molar-refractivity contribution is -0.115. The van der Waals surface area contributed by atoms with E-state index < -0.39 is 0 Å². The summed E-state index contributed by atoms with van der Waals surface area (Å²) in [5.74, 6) is 1.99. The number of hydrogen-bond acceptors (Lipinski definition) is 5. The first-order chi connectivity index (χ1) is 13.1. The van der Waals surface area contributed by atoms with E-state index >= 15 is 0 Å². The van der Waals surface area contributed by atoms with Crippen molar-refractivity contribution in [2.75, 3.05) is 17.2 Å². The Bertz CT molecular complexity index is 876. The Balaban J connectivity index is 1.41. The average molecular weight is 386 g/mol. The SMILES string of the molecule is Cc1cc(NCCC(=O)Nc2ccc(OCc3ccc(Cl)cc3)cc2)no1. The topological polar surface area (TPSA) is 76.4 Å². The Morgan fingerprint density at radius 3 is 2.56 bits per heavy atom. The molecule has 0 saturated carbocycles. The van der Waals surface area contributed by atoms with Crippen LogP contribution in [0.15, 0.2) is 59.1 Å². The quantitative estimate of drug-likeness (QED) is 0.590. The van der Waals surface area contributed by atoms with Crippen LogP contribution in [0.25, 0.3) is 0 Å². The second-order valence-corrected chi connectivity index (χ2v) is 6.42. The van der Waals surface area contributed by atoms with E-state index in [2.05, 4.69) is 15.8 Å². The molecule has 1 aromatic heterocycles. The van der Waals surface area contributed by atoms with Crippen LogP contribution in [-0.2, 0) is 11.4 Å². The van der Waals surface area contributed by atoms with Gasteiger partial charge in [0.15, 0.2) is 5.82 Å². The van der Waals surface area contributed by atoms with Crippen LogP contribution in [0.1, 0.15) is 17.7 Å². The summed E-state index contributed by atoms with van der Waals surface area (Å²) in [4.78, 5) is 12.0. The maximum atomic E-state index is 12.0. The largest absolute Gasteiger partial charge is 0.489 e. The van der Waals surface area contributed by atoms with E-state index in [1.807, 2.05) is 55.5 Å². The van der Waals surface area contributed by atoms with E-state index in [-0.39, 0.29) is 5.91 Å². The van der Waals surface area contributed by atoms with Gasteiger partial charge in [-0.05, 0) is 48.9 Å². The van der Waals surface area contributed by atoms with Gasteiger partial charge >= 0.3 is 0 Å². The van der Waals surface area contributed by atoms with Gasteiger partial charge in [-0.1, -0.05) is 28.9 Å². The van der Waals surface area contributed by atoms with Crippen molar-refractivity contribution in [1.29, 1.82) is 0 Å². The van der Waals surface area contributed by atoms with Crippen molar-refractivity contribution in [2.24, 2.45) is 0 Å². The fourth-order valence-corrected chi connectivity index (χ4v) is 2.49. The molecule has 0 atom stereocenters. The molecule has 0 radical (unpaired) electrons. The highest BCUT2D eigenvalue weighted by Crippen LogP contribution is 2.18. The summed E-state index contributed by atoms with van der Waals surface area (Å²) in [6.07, 6.45) is 0.320. The Kier molecular flexibility index (Phi) is 6.33. The summed E-state index contributed by atoms with van der Waals surface area (Å²) in [6, 6.07) is 16.5. The van der Waals surface area contributed by atoms with Crippen LogP contribution >= 0.6 is 11.6 Å². The number of nitrogens with zero attached hydrogens (tertiary/aromatic N) is 1. The van der Waals surface area contributed by atoms with Gasteiger partial charge in [0.1, 0.15) is 18.1 Å². The molecule has 3 rings (SSSR count). The summed E-state index contributed by atoms with van der Waals surface area (Å²) < 4.78 is 10.7. The second kappa shape index (κ2) is 9.09. The number of rotatable bonds is 8. The second-order valence-electron chi connectivity index (χ2n) is 5.99. The number of carbonyl (C=O) groups excluding carboxylic acids is 1. The average Bonchev–Trinajstić information content (AvgIpc) is 3.07. The van der Waals surface area contributed by atoms with E-state index in [4.69, 9.17) is 20.9 Å². The highest BCUT2D eigenvalue weighted by molar-refractivity contribution is 6.30. The Morgan fingerprint density at radius 1 is 1.15 bits per heavy atom. The molecule has 0 aliphatic carbocycles. The summed E-state index contributed by atoms with van der Waals surface area (Å²) in [5, 5.41) is 10.4. The van der Waals surface area contributed by atoms with Gasteiger partial charge in [-0.15, -0.1) is 0 Å². The third-order valence-corrected chi connectivity index (χ3v) is 3.99. The molecular weight excluding hydrogens is 366 g/mol. The Labute approximate surface area is 162 Å². The molecule has 0 saturated heterocycles. The first-order valence-corrected chi connectivity index (χ1v) is 8.90. The van der Waals surface area contributed by atoms with E-state index in [0.717, 1.165) is 22.8 Å². The van der Waals surface area contributed by atoms with Gasteiger partial charge in [-0.3, -0.25) is 4.79 Å². The Hall–Kier alpha value is -2.99. The van der Waals surface area contributed by atoms with Crippen LogP contribution in [0.3, 0.4) is 0 Å². The molecule has 0 aliphatic rings. The number of amides is 1. The van der Waals surface area contributed by atoms with E-state index in [9.17, 15) is 4.79 Å². The van der Waals surface area contributed by atoms with Crippen molar-refractivity contribution >= 4 is 29.0 Å². The number of ether oxygens (including phenoxy) is 1. The molecule has 0 unspecified atom stereocenters. The van der Waals surface area contributed by atoms with Crippen LogP contribution in [0.4, 0.5) is 11.5 Å². The number of aromatic nitrogens is 1. The summed E-state index contributed by atoms with van der Waals surface area (Å²) in [7, 11) is 0. The number of nitrogens with one attached hydrogen (secondary N) is 2. The molecular formula is C20H20ClN3O3. The van der Waals surface area contributed by atoms with Gasteiger partial charge < -0.3 is 19.9 Å². The molecule has 0 fully saturated rings. The first-order valence-electron chi connectivity index (χ1n) is 8.53. The van der Waals surface area contributed by atoms with E-state index in [1.54, 1.807) is 6.07 Å². The third-order valence-electron chi connectivity index (χ3n) is 3.74. The van der Waals surface area contributed by atoms with Gasteiger partial charge in [0.05, 0.1) is 0 Å². The van der Waals surface area contributed by atoms with Crippen LogP contribution in [0.5, 0.6) is 5.75 Å². The summed E-state index contributed by atoms with van der Waals surface area (Å²) >= 11 is 5.87. The number of halogens is 1. The number of aryl methyl sites for hydroxylation is 1. The van der Waals surface area contributed by atoms with Crippen LogP contribution in [0, 0.1) is 6.92 Å². The Morgan fingerprint density at radius 2 is 1.89 bits per heavy atom. The van der Waals surface area contributed by atoms with Gasteiger partial charge in [-0.25, -0.2) is 0 Å². The predicted molar refractivity (Wildman–Crippen MR) is 105 cm³/mol. The van der Waals surface area contributed by atoms with Crippen LogP contribution in [-0.4, -0.2) is 17.6 Å². The van der Waals surface area contributed by atoms with Crippen molar-refractivity contribution in [2.45, 2.75) is 20.0 Å². The zero-order valence-corrected chi connectivity index (χ0v) is 15.6. The highest BCUT2D eigenvalue weighted by atomic mass is 35.5. The monoisotopic (exact) mass is 385 g/mol. The minimum atomic E-state index is -0.0856. The summed E-state index contributed by atoms with van der Waals surface area (Å²) in [6.45, 7) is 2.74. The van der Waals surface area contributed by atoms with Gasteiger partial charge in [0, 0.05) is 29.7 Å². The van der Waals surface area contributed by atoms with E-state index in [1.165, 1.54) is 0 Å². The minimum absolute atomic E-state index is 0.0856. The molecule has 27 heavy (non-hydrogen) atoms. The van der Waals surface area contributed by atoms with Gasteiger partial charge in [0.25, 0.3) is 0 Å². The zero-order chi connectivity index (χ0) is 19.1. The fourth-order valence-electron chi connectivity index (χ4n) is 2.36. The highest BCUT2D eigenvalue weighted by Gasteiger charge is 2.05. The van der Waals surface area contributed by atoms with Crippen LogP contribution in [0.2, 0.25) is 5.02 Å². The first kappa shape index (κ1) is 18.8. The van der Waals surface area contributed by atoms with Crippen molar-refractivity contribution in [3.63, 3.8) is 0 Å². The molecule has 1 heterocycles. The van der Waals surface area contributed by atoms with Crippen LogP contribution < -0.4 is 15.4 Å². The van der Waals surface area contributed by atoms with E-state index in [0.29, 0.717) is 30.4 Å². The van der Waals surface area contributed by atoms with Crippen molar-refractivity contribution < 1.29 is 14.1 Å². The number of carbonyl (C=O) groups is 1. The number of benzene rings is 2. The summed E-state index contributed by atoms with van der Waals surface area (Å²) in [5.41, 5.74) is 1.75. The normalized spacial score (nSPS) is 10.4. The number of hydrogen-bond donors (Lipinski definition) is 2. The molecule has 3 aromatic rings. The minimum Gasteiger partial charge on any atom is -0.489 e.